The molecule has 110 valence electrons. The van der Waals surface area contributed by atoms with Gasteiger partial charge in [-0.25, -0.2) is 8.42 Å². The van der Waals surface area contributed by atoms with Crippen LogP contribution in [0.2, 0.25) is 0 Å². The molecular formula is C13H15BrO5S. The molecule has 1 heterocycles. The zero-order chi connectivity index (χ0) is 14.9. The minimum Gasteiger partial charge on any atom is -0.493 e. The van der Waals surface area contributed by atoms with Gasteiger partial charge in [0.1, 0.15) is 5.75 Å². The van der Waals surface area contributed by atoms with Crippen LogP contribution in [-0.4, -0.2) is 31.9 Å². The lowest BCUT2D eigenvalue weighted by atomic mass is 10.1. The van der Waals surface area contributed by atoms with Crippen molar-refractivity contribution in [2.45, 2.75) is 19.1 Å². The van der Waals surface area contributed by atoms with Crippen LogP contribution in [0.1, 0.15) is 18.1 Å². The van der Waals surface area contributed by atoms with E-state index < -0.39 is 21.7 Å². The van der Waals surface area contributed by atoms with Gasteiger partial charge in [-0.05, 0) is 17.7 Å². The Labute approximate surface area is 126 Å². The van der Waals surface area contributed by atoms with Gasteiger partial charge >= 0.3 is 5.97 Å². The molecule has 1 unspecified atom stereocenters. The van der Waals surface area contributed by atoms with Gasteiger partial charge in [0.25, 0.3) is 0 Å². The van der Waals surface area contributed by atoms with Crippen LogP contribution < -0.4 is 4.74 Å². The maximum absolute atomic E-state index is 12.1. The Morgan fingerprint density at radius 2 is 2.20 bits per heavy atom. The number of halogens is 1. The fourth-order valence-corrected chi connectivity index (χ4v) is 4.46. The molecule has 20 heavy (non-hydrogen) atoms. The van der Waals surface area contributed by atoms with Crippen LogP contribution in [0.4, 0.5) is 0 Å². The number of rotatable bonds is 5. The first-order chi connectivity index (χ1) is 9.28. The van der Waals surface area contributed by atoms with Gasteiger partial charge in [0.15, 0.2) is 9.84 Å². The van der Waals surface area contributed by atoms with Crippen molar-refractivity contribution >= 4 is 31.7 Å². The SMILES string of the molecule is CC(CS(=O)(=O)Cc1cc(Br)cc2c1OCC2)C(=O)O. The molecule has 0 bridgehead atoms. The standard InChI is InChI=1S/C13H15BrO5S/c1-8(13(15)16)6-20(17,18)7-10-5-11(14)4-9-2-3-19-12(9)10/h4-5,8H,2-3,6-7H2,1H3,(H,15,16). The predicted octanol–water partition coefficient (Wildman–Crippen LogP) is 2.02. The third kappa shape index (κ3) is 3.52. The first kappa shape index (κ1) is 15.3. The Morgan fingerprint density at radius 3 is 2.85 bits per heavy atom. The number of fused-ring (bicyclic) bond motifs is 1. The van der Waals surface area contributed by atoms with Gasteiger partial charge < -0.3 is 9.84 Å². The molecule has 0 aromatic heterocycles. The highest BCUT2D eigenvalue weighted by Gasteiger charge is 2.25. The van der Waals surface area contributed by atoms with Crippen LogP contribution in [0.15, 0.2) is 16.6 Å². The number of benzene rings is 1. The van der Waals surface area contributed by atoms with E-state index in [1.54, 1.807) is 6.07 Å². The molecule has 0 amide bonds. The summed E-state index contributed by atoms with van der Waals surface area (Å²) in [6, 6.07) is 3.63. The highest BCUT2D eigenvalue weighted by molar-refractivity contribution is 9.10. The van der Waals surface area contributed by atoms with E-state index in [1.165, 1.54) is 6.92 Å². The maximum atomic E-state index is 12.1. The molecule has 1 aliphatic heterocycles. The van der Waals surface area contributed by atoms with Gasteiger partial charge in [-0.3, -0.25) is 4.79 Å². The second kappa shape index (κ2) is 5.73. The van der Waals surface area contributed by atoms with Gasteiger partial charge in [0.05, 0.1) is 24.0 Å². The zero-order valence-electron chi connectivity index (χ0n) is 10.9. The van der Waals surface area contributed by atoms with Crippen molar-refractivity contribution in [3.8, 4) is 5.75 Å². The number of aliphatic carboxylic acids is 1. The van der Waals surface area contributed by atoms with Crippen LogP contribution in [0.3, 0.4) is 0 Å². The largest absolute Gasteiger partial charge is 0.493 e. The van der Waals surface area contributed by atoms with E-state index in [0.717, 1.165) is 16.5 Å². The number of ether oxygens (including phenoxy) is 1. The lowest BCUT2D eigenvalue weighted by Gasteiger charge is -2.11. The minimum absolute atomic E-state index is 0.202. The second-order valence-electron chi connectivity index (χ2n) is 4.95. The van der Waals surface area contributed by atoms with Crippen LogP contribution in [0, 0.1) is 5.92 Å². The van der Waals surface area contributed by atoms with E-state index in [4.69, 9.17) is 9.84 Å². The topological polar surface area (TPSA) is 80.7 Å². The summed E-state index contributed by atoms with van der Waals surface area (Å²) >= 11 is 3.35. The Bertz CT molecular complexity index is 638. The van der Waals surface area contributed by atoms with Crippen molar-refractivity contribution in [2.75, 3.05) is 12.4 Å². The number of carboxylic acids is 1. The molecule has 2 rings (SSSR count). The molecule has 1 N–H and O–H groups in total. The lowest BCUT2D eigenvalue weighted by molar-refractivity contribution is -0.140. The van der Waals surface area contributed by atoms with Crippen LogP contribution in [0.25, 0.3) is 0 Å². The van der Waals surface area contributed by atoms with Crippen molar-refractivity contribution in [1.29, 1.82) is 0 Å². The Balaban J connectivity index is 2.24. The van der Waals surface area contributed by atoms with E-state index >= 15 is 0 Å². The van der Waals surface area contributed by atoms with E-state index in [-0.39, 0.29) is 11.5 Å². The van der Waals surface area contributed by atoms with Gasteiger partial charge in [-0.1, -0.05) is 22.9 Å². The first-order valence-electron chi connectivity index (χ1n) is 6.16. The molecule has 0 saturated carbocycles. The quantitative estimate of drug-likeness (QED) is 0.866. The fraction of sp³-hybridized carbons (Fsp3) is 0.462. The number of sulfone groups is 1. The Morgan fingerprint density at radius 1 is 1.50 bits per heavy atom. The fourth-order valence-electron chi connectivity index (χ4n) is 2.20. The first-order valence-corrected chi connectivity index (χ1v) is 8.77. The molecule has 0 aliphatic carbocycles. The summed E-state index contributed by atoms with van der Waals surface area (Å²) in [4.78, 5) is 10.8. The van der Waals surface area contributed by atoms with Crippen molar-refractivity contribution in [2.24, 2.45) is 5.92 Å². The van der Waals surface area contributed by atoms with Gasteiger partial charge in [0, 0.05) is 16.5 Å². The minimum atomic E-state index is -3.50. The van der Waals surface area contributed by atoms with Crippen LogP contribution in [-0.2, 0) is 26.8 Å². The molecule has 0 fully saturated rings. The summed E-state index contributed by atoms with van der Waals surface area (Å²) in [6.45, 7) is 1.94. The average Bonchev–Trinajstić information content (AvgIpc) is 2.75. The number of carboxylic acid groups (broad SMARTS) is 1. The van der Waals surface area contributed by atoms with E-state index in [1.807, 2.05) is 6.07 Å². The van der Waals surface area contributed by atoms with Crippen LogP contribution >= 0.6 is 15.9 Å². The highest BCUT2D eigenvalue weighted by Crippen LogP contribution is 2.34. The number of hydrogen-bond donors (Lipinski definition) is 1. The van der Waals surface area contributed by atoms with E-state index in [2.05, 4.69) is 15.9 Å². The van der Waals surface area contributed by atoms with Gasteiger partial charge in [-0.2, -0.15) is 0 Å². The molecule has 1 atom stereocenters. The second-order valence-corrected chi connectivity index (χ2v) is 7.97. The predicted molar refractivity (Wildman–Crippen MR) is 77.6 cm³/mol. The molecule has 0 radical (unpaired) electrons. The van der Waals surface area contributed by atoms with Crippen molar-refractivity contribution in [3.05, 3.63) is 27.7 Å². The van der Waals surface area contributed by atoms with Crippen molar-refractivity contribution < 1.29 is 23.1 Å². The Hall–Kier alpha value is -1.08. The molecule has 7 heteroatoms. The summed E-state index contributed by atoms with van der Waals surface area (Å²) in [5.74, 6) is -1.97. The number of carbonyl (C=O) groups is 1. The normalized spacial score (nSPS) is 15.5. The average molecular weight is 363 g/mol. The van der Waals surface area contributed by atoms with Gasteiger partial charge in [-0.15, -0.1) is 0 Å². The molecular weight excluding hydrogens is 348 g/mol. The highest BCUT2D eigenvalue weighted by atomic mass is 79.9. The number of hydrogen-bond acceptors (Lipinski definition) is 4. The summed E-state index contributed by atoms with van der Waals surface area (Å²) in [7, 11) is -3.50. The third-order valence-corrected chi connectivity index (χ3v) is 5.34. The summed E-state index contributed by atoms with van der Waals surface area (Å²) in [6.07, 6.45) is 0.757. The zero-order valence-corrected chi connectivity index (χ0v) is 13.3. The lowest BCUT2D eigenvalue weighted by Crippen LogP contribution is -2.22. The summed E-state index contributed by atoms with van der Waals surface area (Å²) in [5.41, 5.74) is 1.57. The van der Waals surface area contributed by atoms with Gasteiger partial charge in [0.2, 0.25) is 0 Å². The van der Waals surface area contributed by atoms with E-state index in [0.29, 0.717) is 17.9 Å². The summed E-state index contributed by atoms with van der Waals surface area (Å²) < 4.78 is 30.5. The third-order valence-electron chi connectivity index (χ3n) is 3.13. The van der Waals surface area contributed by atoms with Crippen LogP contribution in [0.5, 0.6) is 5.75 Å². The molecule has 1 aromatic carbocycles. The molecule has 1 aromatic rings. The smallest absolute Gasteiger partial charge is 0.307 e. The molecule has 0 spiro atoms. The maximum Gasteiger partial charge on any atom is 0.307 e. The molecule has 5 nitrogen and oxygen atoms in total. The van der Waals surface area contributed by atoms with Crippen molar-refractivity contribution in [1.82, 2.24) is 0 Å². The molecule has 0 saturated heterocycles. The Kier molecular flexibility index (Phi) is 4.39. The molecule has 1 aliphatic rings. The monoisotopic (exact) mass is 362 g/mol. The van der Waals surface area contributed by atoms with E-state index in [9.17, 15) is 13.2 Å². The summed E-state index contributed by atoms with van der Waals surface area (Å²) in [5, 5.41) is 8.81. The van der Waals surface area contributed by atoms with Crippen molar-refractivity contribution in [3.63, 3.8) is 0 Å².